The van der Waals surface area contributed by atoms with Crippen molar-refractivity contribution in [3.63, 3.8) is 0 Å². The summed E-state index contributed by atoms with van der Waals surface area (Å²) in [6, 6.07) is 6.26. The number of halogens is 1. The zero-order chi connectivity index (χ0) is 18.1. The Balaban J connectivity index is 1.84. The van der Waals surface area contributed by atoms with Gasteiger partial charge in [0.05, 0.1) is 17.4 Å². The summed E-state index contributed by atoms with van der Waals surface area (Å²) in [5.74, 6) is 0.227. The van der Waals surface area contributed by atoms with Gasteiger partial charge in [-0.3, -0.25) is 4.68 Å². The van der Waals surface area contributed by atoms with Crippen LogP contribution in [-0.2, 0) is 7.05 Å². The molecule has 1 aromatic heterocycles. The zero-order valence-corrected chi connectivity index (χ0v) is 15.2. The summed E-state index contributed by atoms with van der Waals surface area (Å²) in [5, 5.41) is 7.43. The van der Waals surface area contributed by atoms with Crippen LogP contribution >= 0.6 is 0 Å². The molecule has 0 radical (unpaired) electrons. The fourth-order valence-corrected chi connectivity index (χ4v) is 3.59. The first kappa shape index (κ1) is 17.5. The van der Waals surface area contributed by atoms with E-state index in [-0.39, 0.29) is 29.7 Å². The third kappa shape index (κ3) is 3.52. The maximum atomic E-state index is 13.6. The summed E-state index contributed by atoms with van der Waals surface area (Å²) in [4.78, 5) is 14.7. The van der Waals surface area contributed by atoms with E-state index in [0.717, 1.165) is 23.4 Å². The molecule has 2 heterocycles. The summed E-state index contributed by atoms with van der Waals surface area (Å²) < 4.78 is 15.3. The number of carbonyl (C=O) groups excluding carboxylic acids is 1. The first-order valence-electron chi connectivity index (χ1n) is 8.73. The van der Waals surface area contributed by atoms with E-state index in [1.165, 1.54) is 12.1 Å². The molecule has 6 heteroatoms. The van der Waals surface area contributed by atoms with Crippen LogP contribution in [0.3, 0.4) is 0 Å². The summed E-state index contributed by atoms with van der Waals surface area (Å²) in [5.41, 5.74) is 2.45. The van der Waals surface area contributed by atoms with Crippen molar-refractivity contribution in [2.24, 2.45) is 13.0 Å². The smallest absolute Gasteiger partial charge is 0.317 e. The molecule has 0 unspecified atom stereocenters. The molecule has 2 atom stereocenters. The van der Waals surface area contributed by atoms with Crippen LogP contribution in [-0.4, -0.2) is 27.3 Å². The maximum absolute atomic E-state index is 13.6. The fraction of sp³-hybridized carbons (Fsp3) is 0.474. The molecule has 134 valence electrons. The third-order valence-electron chi connectivity index (χ3n) is 4.80. The van der Waals surface area contributed by atoms with Crippen LogP contribution in [0.1, 0.15) is 50.4 Å². The molecular weight excluding hydrogens is 319 g/mol. The van der Waals surface area contributed by atoms with Gasteiger partial charge in [0.1, 0.15) is 5.82 Å². The highest BCUT2D eigenvalue weighted by Gasteiger charge is 2.36. The van der Waals surface area contributed by atoms with Gasteiger partial charge in [-0.2, -0.15) is 5.10 Å². The largest absolute Gasteiger partial charge is 0.322 e. The molecule has 25 heavy (non-hydrogen) atoms. The van der Waals surface area contributed by atoms with E-state index >= 15 is 0 Å². The molecule has 1 N–H and O–H groups in total. The quantitative estimate of drug-likeness (QED) is 0.902. The lowest BCUT2D eigenvalue weighted by Gasteiger charge is -2.27. The minimum absolute atomic E-state index is 0.116. The van der Waals surface area contributed by atoms with Crippen LogP contribution in [0, 0.1) is 11.7 Å². The highest BCUT2D eigenvalue weighted by Crippen LogP contribution is 2.37. The highest BCUT2D eigenvalue weighted by molar-refractivity contribution is 5.90. The highest BCUT2D eigenvalue weighted by atomic mass is 19.1. The van der Waals surface area contributed by atoms with Crippen molar-refractivity contribution in [2.75, 3.05) is 11.9 Å². The molecule has 1 fully saturated rings. The Labute approximate surface area is 147 Å². The number of carbonyl (C=O) groups is 1. The number of likely N-dealkylation sites (tertiary alicyclic amines) is 1. The molecule has 2 aromatic rings. The van der Waals surface area contributed by atoms with Crippen molar-refractivity contribution in [2.45, 2.75) is 39.2 Å². The molecule has 1 aliphatic heterocycles. The van der Waals surface area contributed by atoms with Crippen molar-refractivity contribution < 1.29 is 9.18 Å². The zero-order valence-electron chi connectivity index (χ0n) is 15.2. The standard InChI is InChI=1S/C19H25FN4O/c1-12(2)17-16(11-23(4)22-17)21-19(25)24-9-8-13(3)18(24)14-6-5-7-15(20)10-14/h5-7,10-13,18H,8-9H2,1-4H3,(H,21,25)/t13-,18-/m1/s1. The lowest BCUT2D eigenvalue weighted by molar-refractivity contribution is 0.201. The van der Waals surface area contributed by atoms with Crippen LogP contribution < -0.4 is 5.32 Å². The molecule has 0 saturated carbocycles. The fourth-order valence-electron chi connectivity index (χ4n) is 3.59. The van der Waals surface area contributed by atoms with E-state index in [1.54, 1.807) is 15.6 Å². The predicted molar refractivity (Wildman–Crippen MR) is 95.9 cm³/mol. The number of rotatable bonds is 3. The van der Waals surface area contributed by atoms with Crippen LogP contribution in [0.2, 0.25) is 0 Å². The Morgan fingerprint density at radius 3 is 2.84 bits per heavy atom. The maximum Gasteiger partial charge on any atom is 0.322 e. The SMILES string of the molecule is CC(C)c1nn(C)cc1NC(=O)N1CC[C@@H](C)[C@@H]1c1cccc(F)c1. The van der Waals surface area contributed by atoms with Crippen LogP contribution in [0.5, 0.6) is 0 Å². The van der Waals surface area contributed by atoms with Gasteiger partial charge < -0.3 is 10.2 Å². The molecule has 3 rings (SSSR count). The van der Waals surface area contributed by atoms with Crippen molar-refractivity contribution in [3.05, 3.63) is 47.5 Å². The molecule has 0 aliphatic carbocycles. The van der Waals surface area contributed by atoms with Crippen LogP contribution in [0.4, 0.5) is 14.9 Å². The number of aromatic nitrogens is 2. The molecular formula is C19H25FN4O. The van der Waals surface area contributed by atoms with E-state index in [0.29, 0.717) is 6.54 Å². The Morgan fingerprint density at radius 1 is 1.40 bits per heavy atom. The van der Waals surface area contributed by atoms with Gasteiger partial charge in [-0.25, -0.2) is 9.18 Å². The van der Waals surface area contributed by atoms with Gasteiger partial charge in [-0.15, -0.1) is 0 Å². The van der Waals surface area contributed by atoms with Crippen molar-refractivity contribution in [1.82, 2.24) is 14.7 Å². The Bertz CT molecular complexity index is 771. The lowest BCUT2D eigenvalue weighted by atomic mass is 9.95. The molecule has 1 aliphatic rings. The topological polar surface area (TPSA) is 50.2 Å². The number of amides is 2. The molecule has 1 saturated heterocycles. The number of nitrogens with one attached hydrogen (secondary N) is 1. The Hall–Kier alpha value is -2.37. The molecule has 0 spiro atoms. The van der Waals surface area contributed by atoms with Gasteiger partial charge in [0, 0.05) is 19.8 Å². The second kappa shape index (κ2) is 6.86. The number of nitrogens with zero attached hydrogens (tertiary/aromatic N) is 3. The lowest BCUT2D eigenvalue weighted by Crippen LogP contribution is -2.35. The average Bonchev–Trinajstić information content (AvgIpc) is 3.10. The van der Waals surface area contributed by atoms with Gasteiger partial charge in [0.25, 0.3) is 0 Å². The summed E-state index contributed by atoms with van der Waals surface area (Å²) in [6.45, 7) is 6.86. The van der Waals surface area contributed by atoms with Crippen LogP contribution in [0.15, 0.2) is 30.5 Å². The van der Waals surface area contributed by atoms with E-state index in [1.807, 2.05) is 33.2 Å². The second-order valence-corrected chi connectivity index (χ2v) is 7.15. The van der Waals surface area contributed by atoms with Crippen molar-refractivity contribution in [1.29, 1.82) is 0 Å². The number of urea groups is 1. The number of benzene rings is 1. The molecule has 1 aromatic carbocycles. The first-order chi connectivity index (χ1) is 11.9. The summed E-state index contributed by atoms with van der Waals surface area (Å²) in [7, 11) is 1.84. The Kier molecular flexibility index (Phi) is 4.79. The van der Waals surface area contributed by atoms with Gasteiger partial charge in [0.2, 0.25) is 0 Å². The summed E-state index contributed by atoms with van der Waals surface area (Å²) in [6.07, 6.45) is 2.72. The van der Waals surface area contributed by atoms with Gasteiger partial charge in [0.15, 0.2) is 0 Å². The van der Waals surface area contributed by atoms with Gasteiger partial charge in [-0.05, 0) is 36.0 Å². The summed E-state index contributed by atoms with van der Waals surface area (Å²) >= 11 is 0. The third-order valence-corrected chi connectivity index (χ3v) is 4.80. The van der Waals surface area contributed by atoms with E-state index in [2.05, 4.69) is 17.3 Å². The van der Waals surface area contributed by atoms with E-state index in [9.17, 15) is 9.18 Å². The number of anilines is 1. The monoisotopic (exact) mass is 344 g/mol. The number of hydrogen-bond acceptors (Lipinski definition) is 2. The van der Waals surface area contributed by atoms with Gasteiger partial charge in [-0.1, -0.05) is 32.9 Å². The molecule has 5 nitrogen and oxygen atoms in total. The minimum Gasteiger partial charge on any atom is -0.317 e. The van der Waals surface area contributed by atoms with Crippen molar-refractivity contribution >= 4 is 11.7 Å². The molecule has 0 bridgehead atoms. The normalized spacial score (nSPS) is 20.3. The van der Waals surface area contributed by atoms with Crippen molar-refractivity contribution in [3.8, 4) is 0 Å². The Morgan fingerprint density at radius 2 is 2.16 bits per heavy atom. The van der Waals surface area contributed by atoms with Gasteiger partial charge >= 0.3 is 6.03 Å². The minimum atomic E-state index is -0.272. The van der Waals surface area contributed by atoms with E-state index < -0.39 is 0 Å². The second-order valence-electron chi connectivity index (χ2n) is 7.15. The van der Waals surface area contributed by atoms with E-state index in [4.69, 9.17) is 0 Å². The average molecular weight is 344 g/mol. The predicted octanol–water partition coefficient (Wildman–Crippen LogP) is 4.30. The first-order valence-corrected chi connectivity index (χ1v) is 8.73. The number of aryl methyl sites for hydroxylation is 1. The molecule has 2 amide bonds. The number of hydrogen-bond donors (Lipinski definition) is 1. The van der Waals surface area contributed by atoms with Crippen LogP contribution in [0.25, 0.3) is 0 Å².